The summed E-state index contributed by atoms with van der Waals surface area (Å²) in [6.45, 7) is 2.46. The van der Waals surface area contributed by atoms with Gasteiger partial charge in [-0.05, 0) is 42.5 Å². The van der Waals surface area contributed by atoms with Gasteiger partial charge in [0.05, 0.1) is 6.26 Å². The van der Waals surface area contributed by atoms with E-state index in [4.69, 9.17) is 0 Å². The molecule has 0 aliphatic carbocycles. The molecule has 1 aromatic carbocycles. The van der Waals surface area contributed by atoms with E-state index in [1.807, 2.05) is 19.1 Å². The number of benzene rings is 1. The van der Waals surface area contributed by atoms with E-state index in [9.17, 15) is 8.42 Å². The maximum Gasteiger partial charge on any atom is 0.208 e. The topological polar surface area (TPSA) is 62.0 Å². The molecular weight excluding hydrogens is 236 g/mol. The van der Waals surface area contributed by atoms with Crippen molar-refractivity contribution in [3.05, 3.63) is 35.5 Å². The van der Waals surface area contributed by atoms with E-state index >= 15 is 0 Å². The molecule has 0 bridgehead atoms. The third-order valence-corrected chi connectivity index (χ3v) is 3.33. The lowest BCUT2D eigenvalue weighted by Crippen LogP contribution is -2.24. The number of nitrogens with one attached hydrogen (secondary N) is 2. The van der Waals surface area contributed by atoms with Gasteiger partial charge < -0.3 is 4.98 Å². The van der Waals surface area contributed by atoms with Gasteiger partial charge in [0.2, 0.25) is 10.0 Å². The first-order chi connectivity index (χ1) is 7.94. The summed E-state index contributed by atoms with van der Waals surface area (Å²) in [6.07, 6.45) is 1.87. The zero-order valence-electron chi connectivity index (χ0n) is 9.95. The Morgan fingerprint density at radius 1 is 1.29 bits per heavy atom. The highest BCUT2D eigenvalue weighted by Crippen LogP contribution is 2.16. The first-order valence-corrected chi connectivity index (χ1v) is 7.36. The number of hydrogen-bond donors (Lipinski definition) is 2. The summed E-state index contributed by atoms with van der Waals surface area (Å²) in [7, 11) is -3.09. The lowest BCUT2D eigenvalue weighted by Gasteiger charge is -2.02. The lowest BCUT2D eigenvalue weighted by atomic mass is 10.1. The van der Waals surface area contributed by atoms with Crippen molar-refractivity contribution in [3.8, 4) is 0 Å². The molecule has 1 heterocycles. The zero-order chi connectivity index (χ0) is 12.5. The van der Waals surface area contributed by atoms with E-state index in [0.717, 1.165) is 16.8 Å². The van der Waals surface area contributed by atoms with Gasteiger partial charge >= 0.3 is 0 Å². The molecule has 1 aromatic heterocycles. The molecule has 0 spiro atoms. The Morgan fingerprint density at radius 2 is 2.06 bits per heavy atom. The molecule has 0 radical (unpaired) electrons. The lowest BCUT2D eigenvalue weighted by molar-refractivity contribution is 0.588. The van der Waals surface area contributed by atoms with E-state index in [1.165, 1.54) is 11.6 Å². The van der Waals surface area contributed by atoms with Gasteiger partial charge in [-0.3, -0.25) is 0 Å². The summed E-state index contributed by atoms with van der Waals surface area (Å²) in [4.78, 5) is 3.25. The number of aryl methyl sites for hydroxylation is 1. The van der Waals surface area contributed by atoms with Crippen LogP contribution in [0.5, 0.6) is 0 Å². The second-order valence-corrected chi connectivity index (χ2v) is 6.12. The first kappa shape index (κ1) is 12.1. The molecule has 2 N–H and O–H groups in total. The van der Waals surface area contributed by atoms with Crippen molar-refractivity contribution < 1.29 is 8.42 Å². The highest BCUT2D eigenvalue weighted by atomic mass is 32.2. The molecule has 0 fully saturated rings. The molecule has 0 atom stereocenters. The van der Waals surface area contributed by atoms with Crippen LogP contribution in [0.4, 0.5) is 0 Å². The van der Waals surface area contributed by atoms with Gasteiger partial charge in [0.1, 0.15) is 0 Å². The first-order valence-electron chi connectivity index (χ1n) is 5.47. The van der Waals surface area contributed by atoms with Crippen molar-refractivity contribution in [1.82, 2.24) is 9.71 Å². The van der Waals surface area contributed by atoms with Crippen molar-refractivity contribution >= 4 is 20.9 Å². The van der Waals surface area contributed by atoms with Crippen LogP contribution in [0.3, 0.4) is 0 Å². The van der Waals surface area contributed by atoms with E-state index in [0.29, 0.717) is 13.0 Å². The SMILES string of the molecule is Cc1cc2cc(CCNS(C)(=O)=O)ccc2[nH]1. The minimum atomic E-state index is -3.09. The summed E-state index contributed by atoms with van der Waals surface area (Å²) >= 11 is 0. The number of hydrogen-bond acceptors (Lipinski definition) is 2. The van der Waals surface area contributed by atoms with Crippen LogP contribution >= 0.6 is 0 Å². The molecule has 17 heavy (non-hydrogen) atoms. The van der Waals surface area contributed by atoms with Gasteiger partial charge in [0.15, 0.2) is 0 Å². The fraction of sp³-hybridized carbons (Fsp3) is 0.333. The van der Waals surface area contributed by atoms with Gasteiger partial charge in [-0.15, -0.1) is 0 Å². The largest absolute Gasteiger partial charge is 0.359 e. The maximum atomic E-state index is 10.9. The Morgan fingerprint density at radius 3 is 2.76 bits per heavy atom. The normalized spacial score (nSPS) is 12.1. The maximum absolute atomic E-state index is 10.9. The molecule has 0 saturated heterocycles. The Balaban J connectivity index is 2.09. The fourth-order valence-corrected chi connectivity index (χ4v) is 2.34. The average molecular weight is 252 g/mol. The van der Waals surface area contributed by atoms with Gasteiger partial charge in [-0.25, -0.2) is 13.1 Å². The Bertz CT molecular complexity index is 629. The summed E-state index contributed by atoms with van der Waals surface area (Å²) in [5, 5.41) is 1.17. The number of fused-ring (bicyclic) bond motifs is 1. The monoisotopic (exact) mass is 252 g/mol. The third-order valence-electron chi connectivity index (χ3n) is 2.60. The van der Waals surface area contributed by atoms with E-state index < -0.39 is 10.0 Å². The molecule has 5 heteroatoms. The predicted molar refractivity (Wildman–Crippen MR) is 69.6 cm³/mol. The van der Waals surface area contributed by atoms with Gasteiger partial charge in [-0.2, -0.15) is 0 Å². The fourth-order valence-electron chi connectivity index (χ4n) is 1.86. The van der Waals surface area contributed by atoms with Crippen molar-refractivity contribution in [1.29, 1.82) is 0 Å². The quantitative estimate of drug-likeness (QED) is 0.867. The molecular formula is C12H16N2O2S. The predicted octanol–water partition coefficient (Wildman–Crippen LogP) is 1.57. The Labute approximate surface area is 101 Å². The standard InChI is InChI=1S/C12H16N2O2S/c1-9-7-11-8-10(3-4-12(11)14-9)5-6-13-17(2,15)16/h3-4,7-8,13-14H,5-6H2,1-2H3. The van der Waals surface area contributed by atoms with Crippen LogP contribution in [0.25, 0.3) is 10.9 Å². The van der Waals surface area contributed by atoms with Gasteiger partial charge in [0, 0.05) is 17.8 Å². The van der Waals surface area contributed by atoms with E-state index in [1.54, 1.807) is 0 Å². The highest BCUT2D eigenvalue weighted by molar-refractivity contribution is 7.88. The van der Waals surface area contributed by atoms with Crippen LogP contribution in [0.2, 0.25) is 0 Å². The van der Waals surface area contributed by atoms with Crippen LogP contribution in [0.15, 0.2) is 24.3 Å². The molecule has 0 amide bonds. The Kier molecular flexibility index (Phi) is 3.22. The molecule has 0 aliphatic heterocycles. The average Bonchev–Trinajstić information content (AvgIpc) is 2.55. The summed E-state index contributed by atoms with van der Waals surface area (Å²) < 4.78 is 24.3. The summed E-state index contributed by atoms with van der Waals surface area (Å²) in [5.74, 6) is 0. The highest BCUT2D eigenvalue weighted by Gasteiger charge is 2.02. The molecule has 4 nitrogen and oxygen atoms in total. The molecule has 92 valence electrons. The molecule has 0 saturated carbocycles. The second-order valence-electron chi connectivity index (χ2n) is 4.29. The van der Waals surface area contributed by atoms with Crippen LogP contribution in [-0.4, -0.2) is 26.2 Å². The van der Waals surface area contributed by atoms with Crippen molar-refractivity contribution in [2.24, 2.45) is 0 Å². The van der Waals surface area contributed by atoms with E-state index in [2.05, 4.69) is 21.8 Å². The van der Waals surface area contributed by atoms with Crippen LogP contribution in [0, 0.1) is 6.92 Å². The summed E-state index contributed by atoms with van der Waals surface area (Å²) in [5.41, 5.74) is 3.38. The number of H-pyrrole nitrogens is 1. The van der Waals surface area contributed by atoms with Crippen LogP contribution in [-0.2, 0) is 16.4 Å². The zero-order valence-corrected chi connectivity index (χ0v) is 10.8. The number of aromatic nitrogens is 1. The molecule has 0 unspecified atom stereocenters. The van der Waals surface area contributed by atoms with Gasteiger partial charge in [0.25, 0.3) is 0 Å². The number of sulfonamides is 1. The minimum Gasteiger partial charge on any atom is -0.359 e. The van der Waals surface area contributed by atoms with Crippen LogP contribution < -0.4 is 4.72 Å². The molecule has 2 rings (SSSR count). The third kappa shape index (κ3) is 3.31. The van der Waals surface area contributed by atoms with Crippen molar-refractivity contribution in [2.45, 2.75) is 13.3 Å². The van der Waals surface area contributed by atoms with E-state index in [-0.39, 0.29) is 0 Å². The number of aromatic amines is 1. The smallest absolute Gasteiger partial charge is 0.208 e. The van der Waals surface area contributed by atoms with Crippen molar-refractivity contribution in [2.75, 3.05) is 12.8 Å². The molecule has 0 aliphatic rings. The number of rotatable bonds is 4. The van der Waals surface area contributed by atoms with Crippen molar-refractivity contribution in [3.63, 3.8) is 0 Å². The van der Waals surface area contributed by atoms with Gasteiger partial charge in [-0.1, -0.05) is 6.07 Å². The second kappa shape index (κ2) is 4.50. The molecule has 2 aromatic rings. The van der Waals surface area contributed by atoms with Crippen LogP contribution in [0.1, 0.15) is 11.3 Å². The Hall–Kier alpha value is -1.33. The summed E-state index contributed by atoms with van der Waals surface area (Å²) in [6, 6.07) is 8.21. The minimum absolute atomic E-state index is 0.438.